The predicted octanol–water partition coefficient (Wildman–Crippen LogP) is 6.62. The maximum atomic E-state index is 13.9. The summed E-state index contributed by atoms with van der Waals surface area (Å²) in [5.41, 5.74) is 5.47. The topological polar surface area (TPSA) is 110 Å². The summed E-state index contributed by atoms with van der Waals surface area (Å²) in [5.74, 6) is -1.09. The van der Waals surface area contributed by atoms with Crippen LogP contribution in [0.5, 0.6) is 0 Å². The molecule has 9 heteroatoms. The predicted molar refractivity (Wildman–Crippen MR) is 163 cm³/mol. The standard InChI is InChI=1S/C34H41N3O6/c1-21-29(31(38)39)18-24(36(21)5)19-37(23-12-10-11-22(17-23)35-32(40)43-34(2,3)4)33(41)42-20-30-27-15-8-6-13-25(27)26-14-7-9-16-28(26)30/h6-9,13-16,18,22-23,30H,10-12,17,19-20H2,1-5H3,(H,35,40)(H,38,39)/t22-,23-/m1/s1. The van der Waals surface area contributed by atoms with Crippen molar-refractivity contribution < 1.29 is 29.0 Å². The average Bonchev–Trinajstić information content (AvgIpc) is 3.43. The van der Waals surface area contributed by atoms with Crippen LogP contribution in [0.1, 0.15) is 85.2 Å². The van der Waals surface area contributed by atoms with Gasteiger partial charge in [0, 0.05) is 36.4 Å². The molecule has 0 radical (unpaired) electrons. The Morgan fingerprint density at radius 3 is 2.23 bits per heavy atom. The third kappa shape index (κ3) is 6.55. The Labute approximate surface area is 252 Å². The number of fused-ring (bicyclic) bond motifs is 3. The van der Waals surface area contributed by atoms with Crippen LogP contribution in [0, 0.1) is 6.92 Å². The van der Waals surface area contributed by atoms with Crippen LogP contribution >= 0.6 is 0 Å². The minimum Gasteiger partial charge on any atom is -0.478 e. The highest BCUT2D eigenvalue weighted by atomic mass is 16.6. The summed E-state index contributed by atoms with van der Waals surface area (Å²) >= 11 is 0. The van der Waals surface area contributed by atoms with Gasteiger partial charge in [0.15, 0.2) is 0 Å². The second-order valence-electron chi connectivity index (χ2n) is 12.6. The molecule has 2 atom stereocenters. The molecule has 0 spiro atoms. The molecular formula is C34H41N3O6. The van der Waals surface area contributed by atoms with Gasteiger partial charge in [-0.15, -0.1) is 0 Å². The third-order valence-corrected chi connectivity index (χ3v) is 8.58. The van der Waals surface area contributed by atoms with E-state index >= 15 is 0 Å². The van der Waals surface area contributed by atoms with Gasteiger partial charge in [-0.3, -0.25) is 4.90 Å². The molecule has 2 aliphatic rings. The van der Waals surface area contributed by atoms with E-state index in [4.69, 9.17) is 9.47 Å². The number of nitrogens with one attached hydrogen (secondary N) is 1. The summed E-state index contributed by atoms with van der Waals surface area (Å²) < 4.78 is 13.4. The zero-order chi connectivity index (χ0) is 30.9. The monoisotopic (exact) mass is 587 g/mol. The van der Waals surface area contributed by atoms with E-state index in [1.165, 1.54) is 0 Å². The highest BCUT2D eigenvalue weighted by Gasteiger charge is 2.35. The second-order valence-corrected chi connectivity index (χ2v) is 12.6. The molecule has 2 aromatic carbocycles. The van der Waals surface area contributed by atoms with Crippen LogP contribution in [-0.2, 0) is 23.1 Å². The van der Waals surface area contributed by atoms with E-state index in [2.05, 4.69) is 29.6 Å². The summed E-state index contributed by atoms with van der Waals surface area (Å²) in [7, 11) is 1.81. The summed E-state index contributed by atoms with van der Waals surface area (Å²) in [5, 5.41) is 12.7. The van der Waals surface area contributed by atoms with Crippen LogP contribution in [0.4, 0.5) is 9.59 Å². The SMILES string of the molecule is Cc1c(C(=O)O)cc(CN(C(=O)OCC2c3ccccc3-c3ccccc32)[C@@H]2CCC[C@@H](NC(=O)OC(C)(C)C)C2)n1C. The number of carbonyl (C=O) groups is 3. The van der Waals surface area contributed by atoms with Crippen LogP contribution in [0.15, 0.2) is 54.6 Å². The van der Waals surface area contributed by atoms with Gasteiger partial charge in [0.05, 0.1) is 12.1 Å². The first kappa shape index (κ1) is 30.2. The van der Waals surface area contributed by atoms with Gasteiger partial charge in [0.1, 0.15) is 12.2 Å². The molecule has 2 amide bonds. The number of hydrogen-bond donors (Lipinski definition) is 2. The summed E-state index contributed by atoms with van der Waals surface area (Å²) in [4.78, 5) is 40.0. The average molecular weight is 588 g/mol. The van der Waals surface area contributed by atoms with Gasteiger partial charge in [-0.1, -0.05) is 48.5 Å². The number of hydrogen-bond acceptors (Lipinski definition) is 5. The number of nitrogens with zero attached hydrogens (tertiary/aromatic N) is 2. The van der Waals surface area contributed by atoms with E-state index in [1.807, 2.05) is 49.6 Å². The first-order valence-electron chi connectivity index (χ1n) is 14.9. The molecule has 2 aliphatic carbocycles. The highest BCUT2D eigenvalue weighted by molar-refractivity contribution is 5.89. The maximum absolute atomic E-state index is 13.9. The molecule has 0 saturated heterocycles. The van der Waals surface area contributed by atoms with Crippen LogP contribution in [-0.4, -0.2) is 57.0 Å². The number of carbonyl (C=O) groups excluding carboxylic acids is 2. The molecule has 1 aromatic heterocycles. The van der Waals surface area contributed by atoms with Crippen molar-refractivity contribution in [3.63, 3.8) is 0 Å². The quantitative estimate of drug-likeness (QED) is 0.322. The van der Waals surface area contributed by atoms with Crippen LogP contribution < -0.4 is 5.32 Å². The van der Waals surface area contributed by atoms with Gasteiger partial charge < -0.3 is 24.5 Å². The Bertz CT molecular complexity index is 1480. The number of aromatic nitrogens is 1. The van der Waals surface area contributed by atoms with E-state index in [0.717, 1.165) is 41.5 Å². The minimum atomic E-state index is -1.01. The number of alkyl carbamates (subject to hydrolysis) is 1. The fourth-order valence-electron chi connectivity index (χ4n) is 6.38. The van der Waals surface area contributed by atoms with Crippen LogP contribution in [0.2, 0.25) is 0 Å². The minimum absolute atomic E-state index is 0.0815. The molecule has 3 aromatic rings. The molecule has 1 heterocycles. The molecule has 0 unspecified atom stereocenters. The fraction of sp³-hybridized carbons (Fsp3) is 0.441. The third-order valence-electron chi connectivity index (χ3n) is 8.58. The van der Waals surface area contributed by atoms with Crippen molar-refractivity contribution in [2.24, 2.45) is 7.05 Å². The molecule has 0 aliphatic heterocycles. The lowest BCUT2D eigenvalue weighted by Crippen LogP contribution is -2.49. The first-order valence-corrected chi connectivity index (χ1v) is 14.9. The normalized spacial score (nSPS) is 18.0. The second kappa shape index (κ2) is 12.1. The van der Waals surface area contributed by atoms with Crippen molar-refractivity contribution in [2.75, 3.05) is 6.61 Å². The highest BCUT2D eigenvalue weighted by Crippen LogP contribution is 2.44. The van der Waals surface area contributed by atoms with Crippen molar-refractivity contribution in [2.45, 2.75) is 83.5 Å². The number of aromatic carboxylic acids is 1. The van der Waals surface area contributed by atoms with Gasteiger partial charge in [-0.25, -0.2) is 14.4 Å². The smallest absolute Gasteiger partial charge is 0.410 e. The van der Waals surface area contributed by atoms with Gasteiger partial charge in [-0.05, 0) is 81.7 Å². The van der Waals surface area contributed by atoms with E-state index in [1.54, 1.807) is 24.9 Å². The van der Waals surface area contributed by atoms with Crippen molar-refractivity contribution >= 4 is 18.2 Å². The summed E-state index contributed by atoms with van der Waals surface area (Å²) in [6.07, 6.45) is 1.94. The van der Waals surface area contributed by atoms with Gasteiger partial charge in [0.2, 0.25) is 0 Å². The largest absolute Gasteiger partial charge is 0.478 e. The van der Waals surface area contributed by atoms with Crippen molar-refractivity contribution in [3.8, 4) is 11.1 Å². The van der Waals surface area contributed by atoms with Crippen molar-refractivity contribution in [3.05, 3.63) is 82.7 Å². The molecule has 1 saturated carbocycles. The summed E-state index contributed by atoms with van der Waals surface area (Å²) in [6.45, 7) is 7.59. The zero-order valence-electron chi connectivity index (χ0n) is 25.6. The lowest BCUT2D eigenvalue weighted by atomic mass is 9.90. The number of ether oxygens (including phenoxy) is 2. The van der Waals surface area contributed by atoms with E-state index in [9.17, 15) is 19.5 Å². The Morgan fingerprint density at radius 2 is 1.65 bits per heavy atom. The number of amides is 2. The molecule has 1 fully saturated rings. The zero-order valence-corrected chi connectivity index (χ0v) is 25.6. The lowest BCUT2D eigenvalue weighted by molar-refractivity contribution is 0.0448. The Morgan fingerprint density at radius 1 is 1.02 bits per heavy atom. The van der Waals surface area contributed by atoms with Gasteiger partial charge in [0.25, 0.3) is 0 Å². The van der Waals surface area contributed by atoms with Crippen molar-refractivity contribution in [1.29, 1.82) is 0 Å². The first-order chi connectivity index (χ1) is 20.4. The number of carboxylic acids is 1. The number of rotatable bonds is 7. The van der Waals surface area contributed by atoms with Gasteiger partial charge in [-0.2, -0.15) is 0 Å². The molecule has 2 N–H and O–H groups in total. The molecule has 0 bridgehead atoms. The number of carboxylic acid groups (broad SMARTS) is 1. The Hall–Kier alpha value is -4.27. The van der Waals surface area contributed by atoms with E-state index in [-0.39, 0.29) is 36.7 Å². The van der Waals surface area contributed by atoms with Gasteiger partial charge >= 0.3 is 18.2 Å². The number of benzene rings is 2. The molecule has 43 heavy (non-hydrogen) atoms. The van der Waals surface area contributed by atoms with E-state index < -0.39 is 23.8 Å². The molecule has 9 nitrogen and oxygen atoms in total. The Kier molecular flexibility index (Phi) is 8.53. The molecular weight excluding hydrogens is 546 g/mol. The summed E-state index contributed by atoms with van der Waals surface area (Å²) in [6, 6.07) is 17.6. The molecule has 5 rings (SSSR count). The van der Waals surface area contributed by atoms with Crippen LogP contribution in [0.3, 0.4) is 0 Å². The Balaban J connectivity index is 1.37. The lowest BCUT2D eigenvalue weighted by Gasteiger charge is -2.37. The van der Waals surface area contributed by atoms with Crippen molar-refractivity contribution in [1.82, 2.24) is 14.8 Å². The fourth-order valence-corrected chi connectivity index (χ4v) is 6.38. The van der Waals surface area contributed by atoms with E-state index in [0.29, 0.717) is 17.8 Å². The maximum Gasteiger partial charge on any atom is 0.410 e. The van der Waals surface area contributed by atoms with Crippen LogP contribution in [0.25, 0.3) is 11.1 Å². The molecule has 228 valence electrons.